The first kappa shape index (κ1) is 34.4. The molecule has 2 amide bonds. The molecule has 4 aromatic carbocycles. The van der Waals surface area contributed by atoms with Crippen molar-refractivity contribution in [1.29, 1.82) is 0 Å². The second-order valence-corrected chi connectivity index (χ2v) is 13.5. The van der Waals surface area contributed by atoms with Crippen LogP contribution in [0.4, 0.5) is 18.9 Å². The third-order valence-electron chi connectivity index (χ3n) is 7.49. The molecule has 46 heavy (non-hydrogen) atoms. The Bertz CT molecular complexity index is 1780. The lowest BCUT2D eigenvalue weighted by atomic mass is 9.84. The topological polar surface area (TPSA) is 115 Å². The van der Waals surface area contributed by atoms with E-state index in [2.05, 4.69) is 31.4 Å². The first-order valence-electron chi connectivity index (χ1n) is 14.5. The summed E-state index contributed by atoms with van der Waals surface area (Å²) in [5.41, 5.74) is 2.82. The number of carbonyl (C=O) groups is 2. The first-order chi connectivity index (χ1) is 21.5. The monoisotopic (exact) mass is 651 g/mol. The predicted molar refractivity (Wildman–Crippen MR) is 170 cm³/mol. The number of hydrogen-bond acceptors (Lipinski definition) is 5. The highest BCUT2D eigenvalue weighted by molar-refractivity contribution is 7.85. The molecule has 2 N–H and O–H groups in total. The van der Waals surface area contributed by atoms with Crippen LogP contribution in [0.3, 0.4) is 0 Å². The molecule has 242 valence electrons. The predicted octanol–water partition coefficient (Wildman–Crippen LogP) is 6.91. The second kappa shape index (κ2) is 13.9. The summed E-state index contributed by atoms with van der Waals surface area (Å²) in [5.74, 6) is -2.23. The number of anilines is 1. The third-order valence-corrected chi connectivity index (χ3v) is 8.19. The summed E-state index contributed by atoms with van der Waals surface area (Å²) < 4.78 is 73.0. The summed E-state index contributed by atoms with van der Waals surface area (Å²) in [4.78, 5) is 26.1. The van der Waals surface area contributed by atoms with Gasteiger partial charge in [-0.2, -0.15) is 13.2 Å². The molecule has 7 nitrogen and oxygen atoms in total. The van der Waals surface area contributed by atoms with Crippen molar-refractivity contribution in [2.24, 2.45) is 0 Å². The number of rotatable bonds is 10. The van der Waals surface area contributed by atoms with Crippen LogP contribution < -0.4 is 10.6 Å². The molecule has 4 aromatic rings. The van der Waals surface area contributed by atoms with Gasteiger partial charge in [-0.1, -0.05) is 87.5 Å². The van der Waals surface area contributed by atoms with Gasteiger partial charge in [-0.3, -0.25) is 9.59 Å². The number of alkyl halides is 3. The van der Waals surface area contributed by atoms with E-state index in [-0.39, 0.29) is 35.4 Å². The summed E-state index contributed by atoms with van der Waals surface area (Å²) in [7, 11) is -4.46. The second-order valence-electron chi connectivity index (χ2n) is 12.0. The molecule has 0 saturated heterocycles. The van der Waals surface area contributed by atoms with Gasteiger partial charge in [0.2, 0.25) is 5.91 Å². The highest BCUT2D eigenvalue weighted by Crippen LogP contribution is 2.37. The van der Waals surface area contributed by atoms with Gasteiger partial charge in [-0.15, -0.1) is 0 Å². The quantitative estimate of drug-likeness (QED) is 0.181. The van der Waals surface area contributed by atoms with Gasteiger partial charge >= 0.3 is 6.18 Å². The van der Waals surface area contributed by atoms with Crippen molar-refractivity contribution < 1.29 is 35.7 Å². The molecular weight excluding hydrogens is 617 g/mol. The van der Waals surface area contributed by atoms with Crippen molar-refractivity contribution in [2.45, 2.75) is 44.7 Å². The molecule has 0 aliphatic heterocycles. The number of halogens is 3. The van der Waals surface area contributed by atoms with Crippen molar-refractivity contribution in [1.82, 2.24) is 5.32 Å². The maximum Gasteiger partial charge on any atom is 0.417 e. The molecule has 1 atom stereocenters. The van der Waals surface area contributed by atoms with Crippen LogP contribution in [0.2, 0.25) is 0 Å². The van der Waals surface area contributed by atoms with Crippen molar-refractivity contribution in [2.75, 3.05) is 17.6 Å². The fourth-order valence-electron chi connectivity index (χ4n) is 4.94. The maximum absolute atomic E-state index is 13.7. The summed E-state index contributed by atoms with van der Waals surface area (Å²) in [6.45, 7) is 5.94. The Labute approximate surface area is 266 Å². The van der Waals surface area contributed by atoms with Gasteiger partial charge in [-0.05, 0) is 70.0 Å². The van der Waals surface area contributed by atoms with Gasteiger partial charge in [0, 0.05) is 17.8 Å². The smallest absolute Gasteiger partial charge is 0.417 e. The van der Waals surface area contributed by atoms with Gasteiger partial charge in [0.25, 0.3) is 5.91 Å². The van der Waals surface area contributed by atoms with Crippen LogP contribution in [0.25, 0.3) is 11.1 Å². The van der Waals surface area contributed by atoms with Crippen molar-refractivity contribution in [3.05, 3.63) is 125 Å². The first-order valence-corrected chi connectivity index (χ1v) is 16.1. The van der Waals surface area contributed by atoms with E-state index in [9.17, 15) is 35.7 Å². The van der Waals surface area contributed by atoms with Gasteiger partial charge < -0.3 is 15.2 Å². The fraction of sp³-hybridized carbons (Fsp3) is 0.257. The molecule has 0 aromatic heterocycles. The highest BCUT2D eigenvalue weighted by Gasteiger charge is 2.33. The van der Waals surface area contributed by atoms with Crippen LogP contribution in [0.1, 0.15) is 59.3 Å². The summed E-state index contributed by atoms with van der Waals surface area (Å²) in [5, 5.41) is 5.29. The van der Waals surface area contributed by atoms with E-state index in [4.69, 9.17) is 0 Å². The number of amides is 2. The van der Waals surface area contributed by atoms with Crippen LogP contribution in [0.5, 0.6) is 0 Å². The molecule has 0 saturated carbocycles. The lowest BCUT2D eigenvalue weighted by Crippen LogP contribution is -2.29. The fourth-order valence-corrected chi connectivity index (χ4v) is 5.29. The van der Waals surface area contributed by atoms with Crippen LogP contribution >= 0.6 is 0 Å². The Balaban J connectivity index is 1.55. The van der Waals surface area contributed by atoms with Crippen molar-refractivity contribution in [3.8, 4) is 11.1 Å². The Morgan fingerprint density at radius 3 is 2.00 bits per heavy atom. The minimum Gasteiger partial charge on any atom is -0.748 e. The molecule has 0 aliphatic rings. The van der Waals surface area contributed by atoms with E-state index in [1.54, 1.807) is 36.4 Å². The Kier molecular flexibility index (Phi) is 10.4. The molecular formula is C35H34F3N2O5S-. The SMILES string of the molecule is CC(C)(C)c1ccc(C(Cc2ccc(C(=O)NCCS(=O)(=O)[O-])cc2)C(=O)Nc2ccc(-c3ccccc3C(F)(F)F)cc2)cc1. The molecule has 11 heteroatoms. The maximum atomic E-state index is 13.7. The zero-order valence-electron chi connectivity index (χ0n) is 25.5. The minimum atomic E-state index is -4.51. The van der Waals surface area contributed by atoms with Crippen LogP contribution in [0.15, 0.2) is 97.1 Å². The van der Waals surface area contributed by atoms with E-state index in [1.807, 2.05) is 24.3 Å². The normalized spacial score (nSPS) is 12.8. The van der Waals surface area contributed by atoms with Gasteiger partial charge in [0.05, 0.1) is 27.4 Å². The average molecular weight is 652 g/mol. The van der Waals surface area contributed by atoms with Gasteiger partial charge in [-0.25, -0.2) is 8.42 Å². The number of nitrogens with one attached hydrogen (secondary N) is 2. The summed E-state index contributed by atoms with van der Waals surface area (Å²) >= 11 is 0. The Morgan fingerprint density at radius 1 is 0.826 bits per heavy atom. The van der Waals surface area contributed by atoms with E-state index >= 15 is 0 Å². The molecule has 0 fully saturated rings. The largest absolute Gasteiger partial charge is 0.748 e. The summed E-state index contributed by atoms with van der Waals surface area (Å²) in [6.07, 6.45) is -4.24. The summed E-state index contributed by atoms with van der Waals surface area (Å²) in [6, 6.07) is 25.7. The van der Waals surface area contributed by atoms with Crippen LogP contribution in [-0.2, 0) is 32.9 Å². The van der Waals surface area contributed by atoms with Crippen LogP contribution in [0, 0.1) is 0 Å². The van der Waals surface area contributed by atoms with Crippen LogP contribution in [-0.4, -0.2) is 37.1 Å². The molecule has 4 rings (SSSR count). The highest BCUT2D eigenvalue weighted by atomic mass is 32.2. The third kappa shape index (κ3) is 9.27. The molecule has 0 heterocycles. The molecule has 1 unspecified atom stereocenters. The zero-order valence-corrected chi connectivity index (χ0v) is 26.3. The van der Waals surface area contributed by atoms with E-state index < -0.39 is 39.4 Å². The molecule has 0 aliphatic carbocycles. The Morgan fingerprint density at radius 2 is 1.43 bits per heavy atom. The zero-order chi connectivity index (χ0) is 33.7. The number of hydrogen-bond donors (Lipinski definition) is 2. The lowest BCUT2D eigenvalue weighted by Gasteiger charge is -2.22. The van der Waals surface area contributed by atoms with E-state index in [1.165, 1.54) is 30.3 Å². The van der Waals surface area contributed by atoms with E-state index in [0.29, 0.717) is 11.3 Å². The standard InChI is InChI=1S/C35H35F3N2O5S/c1-34(2,3)27-16-12-25(13-17-27)30(22-23-8-10-26(11-9-23)32(41)39-20-21-46(43,44)45)33(42)40-28-18-14-24(15-19-28)29-6-4-5-7-31(29)35(36,37)38/h4-19,30H,20-22H2,1-3H3,(H,39,41)(H,40,42)(H,43,44,45)/p-1. The minimum absolute atomic E-state index is 0.0391. The van der Waals surface area contributed by atoms with Crippen molar-refractivity contribution >= 4 is 27.6 Å². The molecule has 0 spiro atoms. The molecule has 0 radical (unpaired) electrons. The molecule has 0 bridgehead atoms. The van der Waals surface area contributed by atoms with E-state index in [0.717, 1.165) is 22.8 Å². The Hall–Kier alpha value is -4.48. The van der Waals surface area contributed by atoms with Gasteiger partial charge in [0.1, 0.15) is 0 Å². The number of benzene rings is 4. The van der Waals surface area contributed by atoms with Crippen molar-refractivity contribution in [3.63, 3.8) is 0 Å². The number of carbonyl (C=O) groups excluding carboxylic acids is 2. The average Bonchev–Trinajstić information content (AvgIpc) is 2.99. The van der Waals surface area contributed by atoms with Gasteiger partial charge in [0.15, 0.2) is 0 Å². The lowest BCUT2D eigenvalue weighted by molar-refractivity contribution is -0.137.